The summed E-state index contributed by atoms with van der Waals surface area (Å²) < 4.78 is 10.8. The SMILES string of the molecule is Cc1ccc(-c2nc(SC[C@H]3C[C@@](C)(O)CC(=O)O3)[nH]c2-c2ccc(C)cc2)cc1.Cc1ccc(-c2nc(SC[C@H]3C[C@](C)(O)CC(=O)O3)[nH]c2-c2ccc(C)cc2)cc1. The summed E-state index contributed by atoms with van der Waals surface area (Å²) in [6, 6.07) is 33.4. The summed E-state index contributed by atoms with van der Waals surface area (Å²) in [5.41, 5.74) is 10.8. The second-order valence-corrected chi connectivity index (χ2v) is 18.6. The summed E-state index contributed by atoms with van der Waals surface area (Å²) in [5, 5.41) is 22.1. The Bertz CT molecular complexity index is 2120. The molecule has 0 saturated carbocycles. The molecule has 2 fully saturated rings. The van der Waals surface area contributed by atoms with Gasteiger partial charge < -0.3 is 29.7 Å². The van der Waals surface area contributed by atoms with Crippen molar-refractivity contribution in [2.45, 2.75) is 101 Å². The van der Waals surface area contributed by atoms with Gasteiger partial charge in [-0.25, -0.2) is 9.97 Å². The molecule has 4 N–H and O–H groups in total. The van der Waals surface area contributed by atoms with Gasteiger partial charge in [-0.1, -0.05) is 143 Å². The third kappa shape index (κ3) is 11.2. The first-order chi connectivity index (χ1) is 28.6. The number of benzene rings is 4. The molecular weight excluding hydrogens is 793 g/mol. The van der Waals surface area contributed by atoms with E-state index in [1.165, 1.54) is 45.8 Å². The average molecular weight is 845 g/mol. The molecule has 2 aliphatic rings. The van der Waals surface area contributed by atoms with Gasteiger partial charge >= 0.3 is 11.9 Å². The molecule has 312 valence electrons. The van der Waals surface area contributed by atoms with E-state index in [1.54, 1.807) is 13.8 Å². The monoisotopic (exact) mass is 844 g/mol. The van der Waals surface area contributed by atoms with Crippen LogP contribution in [0.3, 0.4) is 0 Å². The zero-order valence-corrected chi connectivity index (χ0v) is 36.5. The maximum Gasteiger partial charge on any atom is 0.309 e. The Balaban J connectivity index is 0.000000181. The van der Waals surface area contributed by atoms with Crippen molar-refractivity contribution >= 4 is 35.5 Å². The number of hydrogen-bond acceptors (Lipinski definition) is 10. The second kappa shape index (κ2) is 18.2. The smallest absolute Gasteiger partial charge is 0.309 e. The molecule has 4 heterocycles. The lowest BCUT2D eigenvalue weighted by Gasteiger charge is -2.32. The predicted octanol–water partition coefficient (Wildman–Crippen LogP) is 9.82. The Labute approximate surface area is 360 Å². The Morgan fingerprint density at radius 1 is 0.550 bits per heavy atom. The summed E-state index contributed by atoms with van der Waals surface area (Å²) >= 11 is 3.01. The van der Waals surface area contributed by atoms with E-state index in [0.29, 0.717) is 24.3 Å². The van der Waals surface area contributed by atoms with Crippen LogP contribution in [0.25, 0.3) is 45.0 Å². The Kier molecular flexibility index (Phi) is 13.1. The van der Waals surface area contributed by atoms with Crippen molar-refractivity contribution in [2.75, 3.05) is 11.5 Å². The maximum atomic E-state index is 11.8. The number of esters is 2. The van der Waals surface area contributed by atoms with Crippen LogP contribution in [-0.2, 0) is 19.1 Å². The zero-order valence-electron chi connectivity index (χ0n) is 34.9. The summed E-state index contributed by atoms with van der Waals surface area (Å²) in [7, 11) is 0. The highest BCUT2D eigenvalue weighted by Crippen LogP contribution is 2.37. The molecule has 0 bridgehead atoms. The van der Waals surface area contributed by atoms with Crippen LogP contribution in [0.4, 0.5) is 0 Å². The van der Waals surface area contributed by atoms with Crippen molar-refractivity contribution in [2.24, 2.45) is 0 Å². The first-order valence-corrected chi connectivity index (χ1v) is 22.1. The Morgan fingerprint density at radius 3 is 1.15 bits per heavy atom. The number of nitrogens with zero attached hydrogens (tertiary/aromatic N) is 2. The van der Waals surface area contributed by atoms with Crippen molar-refractivity contribution < 1.29 is 29.3 Å². The van der Waals surface area contributed by atoms with E-state index < -0.39 is 11.2 Å². The van der Waals surface area contributed by atoms with Crippen LogP contribution in [0, 0.1) is 27.7 Å². The highest BCUT2D eigenvalue weighted by molar-refractivity contribution is 7.99. The van der Waals surface area contributed by atoms with Gasteiger partial charge in [-0.05, 0) is 41.5 Å². The molecule has 2 saturated heterocycles. The molecule has 2 aromatic heterocycles. The van der Waals surface area contributed by atoms with E-state index in [4.69, 9.17) is 19.4 Å². The normalized spacial score (nSPS) is 21.5. The van der Waals surface area contributed by atoms with Crippen molar-refractivity contribution in [3.8, 4) is 45.0 Å². The van der Waals surface area contributed by atoms with Crippen molar-refractivity contribution in [1.82, 2.24) is 19.9 Å². The summed E-state index contributed by atoms with van der Waals surface area (Å²) in [4.78, 5) is 40.1. The number of ether oxygens (including phenoxy) is 2. The molecule has 0 spiro atoms. The molecule has 4 aromatic carbocycles. The molecule has 0 unspecified atom stereocenters. The van der Waals surface area contributed by atoms with E-state index in [0.717, 1.165) is 55.3 Å². The number of H-pyrrole nitrogens is 2. The summed E-state index contributed by atoms with van der Waals surface area (Å²) in [6.45, 7) is 11.6. The number of aliphatic hydroxyl groups is 2. The molecule has 0 radical (unpaired) electrons. The van der Waals surface area contributed by atoms with Crippen LogP contribution in [0.1, 0.15) is 61.8 Å². The van der Waals surface area contributed by atoms with E-state index in [-0.39, 0.29) is 37.0 Å². The number of aromatic amines is 2. The van der Waals surface area contributed by atoms with Gasteiger partial charge in [0, 0.05) is 46.6 Å². The number of imidazole rings is 2. The zero-order chi connectivity index (χ0) is 42.6. The number of carbonyl (C=O) groups is 2. The minimum Gasteiger partial charge on any atom is -0.461 e. The number of cyclic esters (lactones) is 2. The fourth-order valence-electron chi connectivity index (χ4n) is 7.35. The number of hydrogen-bond donors (Lipinski definition) is 4. The van der Waals surface area contributed by atoms with Gasteiger partial charge in [0.05, 0.1) is 46.8 Å². The number of rotatable bonds is 10. The van der Waals surface area contributed by atoms with Crippen molar-refractivity contribution in [3.05, 3.63) is 119 Å². The van der Waals surface area contributed by atoms with Gasteiger partial charge in [0.2, 0.25) is 0 Å². The molecule has 2 aliphatic heterocycles. The standard InChI is InChI=1S/2C24H26N2O3S/c2*1-15-4-8-17(9-5-15)21-22(18-10-6-16(2)7-11-18)26-23(25-21)30-14-19-12-24(3,28)13-20(27)29-19/h2*4-11,19,28H,12-14H2,1-3H3,(H,25,26)/t19-,24+;19-,24-/m11/s1. The minimum atomic E-state index is -1.01. The highest BCUT2D eigenvalue weighted by atomic mass is 32.2. The summed E-state index contributed by atoms with van der Waals surface area (Å²) in [6.07, 6.45) is 0.294. The lowest BCUT2D eigenvalue weighted by molar-refractivity contribution is -0.167. The average Bonchev–Trinajstić information content (AvgIpc) is 3.81. The number of aromatic nitrogens is 4. The number of carbonyl (C=O) groups excluding carboxylic acids is 2. The van der Waals surface area contributed by atoms with Gasteiger partial charge in [-0.15, -0.1) is 0 Å². The maximum absolute atomic E-state index is 11.8. The van der Waals surface area contributed by atoms with E-state index >= 15 is 0 Å². The third-order valence-corrected chi connectivity index (χ3v) is 12.5. The van der Waals surface area contributed by atoms with Gasteiger partial charge in [-0.2, -0.15) is 0 Å². The number of nitrogens with one attached hydrogen (secondary N) is 2. The van der Waals surface area contributed by atoms with Gasteiger partial charge in [0.25, 0.3) is 0 Å². The molecule has 10 nitrogen and oxygen atoms in total. The number of thioether (sulfide) groups is 2. The van der Waals surface area contributed by atoms with Crippen LogP contribution in [0.2, 0.25) is 0 Å². The van der Waals surface area contributed by atoms with Gasteiger partial charge in [0.15, 0.2) is 10.3 Å². The molecule has 4 atom stereocenters. The largest absolute Gasteiger partial charge is 0.461 e. The van der Waals surface area contributed by atoms with Crippen LogP contribution >= 0.6 is 23.5 Å². The Hall–Kier alpha value is -5.14. The third-order valence-electron chi connectivity index (χ3n) is 10.5. The van der Waals surface area contributed by atoms with Crippen LogP contribution in [-0.4, -0.2) is 77.0 Å². The molecule has 0 aliphatic carbocycles. The highest BCUT2D eigenvalue weighted by Gasteiger charge is 2.37. The first kappa shape index (κ1) is 43.0. The predicted molar refractivity (Wildman–Crippen MR) is 239 cm³/mol. The molecule has 8 rings (SSSR count). The first-order valence-electron chi connectivity index (χ1n) is 20.2. The van der Waals surface area contributed by atoms with Crippen LogP contribution in [0.15, 0.2) is 107 Å². The van der Waals surface area contributed by atoms with Crippen LogP contribution in [0.5, 0.6) is 0 Å². The van der Waals surface area contributed by atoms with Gasteiger partial charge in [0.1, 0.15) is 12.2 Å². The van der Waals surface area contributed by atoms with E-state index in [2.05, 4.69) is 135 Å². The lowest BCUT2D eigenvalue weighted by atomic mass is 9.93. The number of aryl methyl sites for hydroxylation is 4. The van der Waals surface area contributed by atoms with E-state index in [1.807, 2.05) is 0 Å². The molecular formula is C48H52N4O6S2. The fourth-order valence-corrected chi connectivity index (χ4v) is 9.07. The topological polar surface area (TPSA) is 150 Å². The fraction of sp³-hybridized carbons (Fsp3) is 0.333. The second-order valence-electron chi connectivity index (χ2n) is 16.6. The van der Waals surface area contributed by atoms with Crippen molar-refractivity contribution in [3.63, 3.8) is 0 Å². The molecule has 60 heavy (non-hydrogen) atoms. The minimum absolute atomic E-state index is 0.0457. The molecule has 6 aromatic rings. The van der Waals surface area contributed by atoms with E-state index in [9.17, 15) is 19.8 Å². The van der Waals surface area contributed by atoms with Gasteiger partial charge in [-0.3, -0.25) is 9.59 Å². The van der Waals surface area contributed by atoms with Crippen LogP contribution < -0.4 is 0 Å². The lowest BCUT2D eigenvalue weighted by Crippen LogP contribution is -2.42. The molecule has 0 amide bonds. The summed E-state index contributed by atoms with van der Waals surface area (Å²) in [5.74, 6) is 0.376. The Morgan fingerprint density at radius 2 is 0.850 bits per heavy atom. The van der Waals surface area contributed by atoms with Crippen molar-refractivity contribution in [1.29, 1.82) is 0 Å². The molecule has 12 heteroatoms. The quantitative estimate of drug-likeness (QED) is 0.0775.